The third-order valence-electron chi connectivity index (χ3n) is 6.30. The molecule has 2 heterocycles. The first-order valence-corrected chi connectivity index (χ1v) is 10.7. The number of likely N-dealkylation sites (tertiary alicyclic amines) is 1. The molecule has 27 heavy (non-hydrogen) atoms. The molecular formula is C21H30ClN3O2. The van der Waals surface area contributed by atoms with Crippen molar-refractivity contribution in [2.75, 3.05) is 13.2 Å². The van der Waals surface area contributed by atoms with Gasteiger partial charge in [0, 0.05) is 25.2 Å². The summed E-state index contributed by atoms with van der Waals surface area (Å²) in [5, 5.41) is 0. The summed E-state index contributed by atoms with van der Waals surface area (Å²) in [6, 6.07) is 6.83. The predicted molar refractivity (Wildman–Crippen MR) is 110 cm³/mol. The number of aromatic nitrogens is 2. The zero-order chi connectivity index (χ0) is 19.0. The molecule has 2 atom stereocenters. The fourth-order valence-corrected chi connectivity index (χ4v) is 5.40. The van der Waals surface area contributed by atoms with E-state index in [-0.39, 0.29) is 17.2 Å². The molecule has 1 aliphatic heterocycles. The van der Waals surface area contributed by atoms with Crippen molar-refractivity contribution in [3.63, 3.8) is 0 Å². The summed E-state index contributed by atoms with van der Waals surface area (Å²) in [4.78, 5) is 18.0. The van der Waals surface area contributed by atoms with Crippen LogP contribution in [0.1, 0.15) is 57.1 Å². The van der Waals surface area contributed by atoms with Crippen LogP contribution in [0.3, 0.4) is 0 Å². The van der Waals surface area contributed by atoms with Gasteiger partial charge in [0.1, 0.15) is 0 Å². The number of halogens is 1. The Labute approximate surface area is 165 Å². The van der Waals surface area contributed by atoms with Gasteiger partial charge in [-0.05, 0) is 70.1 Å². The van der Waals surface area contributed by atoms with Crippen LogP contribution in [0.2, 0.25) is 0 Å². The van der Waals surface area contributed by atoms with E-state index in [1.54, 1.807) is 0 Å². The molecule has 2 unspecified atom stereocenters. The molecule has 148 valence electrons. The quantitative estimate of drug-likeness (QED) is 0.628. The number of imidazole rings is 1. The van der Waals surface area contributed by atoms with E-state index in [1.165, 1.54) is 5.56 Å². The number of rotatable bonds is 4. The molecule has 5 nitrogen and oxygen atoms in total. The van der Waals surface area contributed by atoms with Gasteiger partial charge in [-0.15, -0.1) is 11.6 Å². The fraction of sp³-hybridized carbons (Fsp3) is 0.667. The lowest BCUT2D eigenvalue weighted by atomic mass is 9.90. The number of ether oxygens (including phenoxy) is 1. The van der Waals surface area contributed by atoms with Crippen molar-refractivity contribution in [2.24, 2.45) is 0 Å². The normalized spacial score (nSPS) is 30.0. The average Bonchev–Trinajstić information content (AvgIpc) is 2.98. The topological polar surface area (TPSA) is 50.3 Å². The van der Waals surface area contributed by atoms with Crippen molar-refractivity contribution >= 4 is 22.6 Å². The maximum atomic E-state index is 12.6. The Bertz CT molecular complexity index is 838. The van der Waals surface area contributed by atoms with Crippen LogP contribution in [0.15, 0.2) is 23.0 Å². The number of piperidine rings is 1. The standard InChI is InChI=1S/C21H30ClN3O2/c1-3-27-17-7-5-15(6-8-17)24-11-10-16(13-20(24)22)25-19-12-14(2)4-9-18(19)23-21(25)26/h4,9,12,15-17,20H,3,5-8,10-11,13H2,1-2H3,(H,23,26). The Morgan fingerprint density at radius 2 is 1.96 bits per heavy atom. The molecule has 4 rings (SSSR count). The van der Waals surface area contributed by atoms with Crippen LogP contribution in [0.4, 0.5) is 0 Å². The van der Waals surface area contributed by atoms with E-state index in [1.807, 2.05) is 16.7 Å². The second-order valence-corrected chi connectivity index (χ2v) is 8.56. The summed E-state index contributed by atoms with van der Waals surface area (Å²) in [5.41, 5.74) is 3.04. The van der Waals surface area contributed by atoms with Crippen LogP contribution < -0.4 is 5.69 Å². The van der Waals surface area contributed by atoms with Gasteiger partial charge in [-0.1, -0.05) is 6.07 Å². The second kappa shape index (κ2) is 7.98. The molecule has 6 heteroatoms. The second-order valence-electron chi connectivity index (χ2n) is 8.06. The molecule has 1 aromatic carbocycles. The lowest BCUT2D eigenvalue weighted by molar-refractivity contribution is 0.00373. The summed E-state index contributed by atoms with van der Waals surface area (Å²) in [7, 11) is 0. The minimum Gasteiger partial charge on any atom is -0.379 e. The number of aryl methyl sites for hydroxylation is 1. The fourth-order valence-electron chi connectivity index (χ4n) is 4.94. The maximum absolute atomic E-state index is 12.6. The molecule has 2 aromatic rings. The monoisotopic (exact) mass is 391 g/mol. The molecule has 1 N–H and O–H groups in total. The number of alkyl halides is 1. The molecule has 0 amide bonds. The minimum atomic E-state index is -0.0184. The Balaban J connectivity index is 1.46. The number of fused-ring (bicyclic) bond motifs is 1. The van der Waals surface area contributed by atoms with Crippen LogP contribution >= 0.6 is 11.6 Å². The SMILES string of the molecule is CCOC1CCC(N2CCC(n3c(=O)[nH]c4ccc(C)cc43)CC2Cl)CC1. The van der Waals surface area contributed by atoms with Crippen molar-refractivity contribution in [1.29, 1.82) is 0 Å². The van der Waals surface area contributed by atoms with Crippen LogP contribution in [0.25, 0.3) is 11.0 Å². The third-order valence-corrected chi connectivity index (χ3v) is 6.73. The first kappa shape index (κ1) is 19.0. The van der Waals surface area contributed by atoms with E-state index < -0.39 is 0 Å². The molecule has 2 fully saturated rings. The number of H-pyrrole nitrogens is 1. The largest absolute Gasteiger partial charge is 0.379 e. The van der Waals surface area contributed by atoms with Gasteiger partial charge in [0.05, 0.1) is 22.6 Å². The van der Waals surface area contributed by atoms with Gasteiger partial charge in [0.2, 0.25) is 0 Å². The maximum Gasteiger partial charge on any atom is 0.326 e. The molecule has 0 spiro atoms. The van der Waals surface area contributed by atoms with Crippen molar-refractivity contribution in [2.45, 2.75) is 76.1 Å². The molecular weight excluding hydrogens is 362 g/mol. The highest BCUT2D eigenvalue weighted by Gasteiger charge is 2.35. The van der Waals surface area contributed by atoms with Crippen molar-refractivity contribution in [3.05, 3.63) is 34.2 Å². The van der Waals surface area contributed by atoms with Gasteiger partial charge < -0.3 is 9.72 Å². The zero-order valence-electron chi connectivity index (χ0n) is 16.3. The molecule has 0 bridgehead atoms. The molecule has 0 radical (unpaired) electrons. The van der Waals surface area contributed by atoms with Gasteiger partial charge in [0.25, 0.3) is 0 Å². The number of hydrogen-bond acceptors (Lipinski definition) is 3. The number of aromatic amines is 1. The summed E-state index contributed by atoms with van der Waals surface area (Å²) in [6.07, 6.45) is 6.77. The number of nitrogens with zero attached hydrogens (tertiary/aromatic N) is 2. The molecule has 1 saturated carbocycles. The number of benzene rings is 1. The summed E-state index contributed by atoms with van der Waals surface area (Å²) < 4.78 is 7.71. The van der Waals surface area contributed by atoms with Crippen LogP contribution in [-0.4, -0.2) is 45.2 Å². The lowest BCUT2D eigenvalue weighted by Crippen LogP contribution is -2.48. The minimum absolute atomic E-state index is 0.0148. The number of nitrogens with one attached hydrogen (secondary N) is 1. The van der Waals surface area contributed by atoms with Gasteiger partial charge >= 0.3 is 5.69 Å². The zero-order valence-corrected chi connectivity index (χ0v) is 17.0. The van der Waals surface area contributed by atoms with E-state index in [9.17, 15) is 4.79 Å². The molecule has 1 aliphatic carbocycles. The Kier molecular flexibility index (Phi) is 5.62. The summed E-state index contributed by atoms with van der Waals surface area (Å²) in [6.45, 7) is 5.89. The smallest absolute Gasteiger partial charge is 0.326 e. The lowest BCUT2D eigenvalue weighted by Gasteiger charge is -2.43. The summed E-state index contributed by atoms with van der Waals surface area (Å²) in [5.74, 6) is 0. The van der Waals surface area contributed by atoms with Crippen molar-refractivity contribution in [1.82, 2.24) is 14.5 Å². The van der Waals surface area contributed by atoms with E-state index in [2.05, 4.69) is 29.8 Å². The van der Waals surface area contributed by atoms with Crippen molar-refractivity contribution in [3.8, 4) is 0 Å². The predicted octanol–water partition coefficient (Wildman–Crippen LogP) is 4.19. The van der Waals surface area contributed by atoms with E-state index in [4.69, 9.17) is 16.3 Å². The van der Waals surface area contributed by atoms with Gasteiger partial charge in [0.15, 0.2) is 0 Å². The Hall–Kier alpha value is -1.30. The van der Waals surface area contributed by atoms with Gasteiger partial charge in [-0.3, -0.25) is 9.47 Å². The first-order valence-electron chi connectivity index (χ1n) is 10.3. The highest BCUT2D eigenvalue weighted by molar-refractivity contribution is 6.20. The van der Waals surface area contributed by atoms with E-state index in [0.717, 1.165) is 62.7 Å². The highest BCUT2D eigenvalue weighted by Crippen LogP contribution is 2.35. The van der Waals surface area contributed by atoms with E-state index >= 15 is 0 Å². The summed E-state index contributed by atoms with van der Waals surface area (Å²) >= 11 is 6.83. The van der Waals surface area contributed by atoms with E-state index in [0.29, 0.717) is 12.1 Å². The van der Waals surface area contributed by atoms with Crippen LogP contribution in [0.5, 0.6) is 0 Å². The number of hydrogen-bond donors (Lipinski definition) is 1. The molecule has 1 saturated heterocycles. The third kappa shape index (κ3) is 3.82. The van der Waals surface area contributed by atoms with Crippen LogP contribution in [0, 0.1) is 6.92 Å². The first-order chi connectivity index (χ1) is 13.1. The van der Waals surface area contributed by atoms with Gasteiger partial charge in [-0.25, -0.2) is 4.79 Å². The molecule has 2 aliphatic rings. The van der Waals surface area contributed by atoms with Crippen LogP contribution in [-0.2, 0) is 4.74 Å². The Morgan fingerprint density at radius 3 is 2.67 bits per heavy atom. The Morgan fingerprint density at radius 1 is 1.19 bits per heavy atom. The van der Waals surface area contributed by atoms with Gasteiger partial charge in [-0.2, -0.15) is 0 Å². The average molecular weight is 392 g/mol. The van der Waals surface area contributed by atoms with Crippen molar-refractivity contribution < 1.29 is 4.74 Å². The molecule has 1 aromatic heterocycles. The highest BCUT2D eigenvalue weighted by atomic mass is 35.5.